The first kappa shape index (κ1) is 17.7. The van der Waals surface area contributed by atoms with Gasteiger partial charge >= 0.3 is 0 Å². The van der Waals surface area contributed by atoms with Crippen molar-refractivity contribution in [1.82, 2.24) is 14.5 Å². The molecule has 0 atom stereocenters. The van der Waals surface area contributed by atoms with Crippen molar-refractivity contribution in [2.75, 3.05) is 27.3 Å². The fraction of sp³-hybridized carbons (Fsp3) is 0.300. The van der Waals surface area contributed by atoms with Crippen molar-refractivity contribution in [3.63, 3.8) is 0 Å². The summed E-state index contributed by atoms with van der Waals surface area (Å²) in [6.45, 7) is 1.29. The zero-order chi connectivity index (χ0) is 19.0. The fourth-order valence-corrected chi connectivity index (χ4v) is 3.43. The lowest BCUT2D eigenvalue weighted by Gasteiger charge is -2.22. The van der Waals surface area contributed by atoms with Gasteiger partial charge in [-0.15, -0.1) is 0 Å². The van der Waals surface area contributed by atoms with E-state index < -0.39 is 0 Å². The Morgan fingerprint density at radius 2 is 1.96 bits per heavy atom. The van der Waals surface area contributed by atoms with Crippen LogP contribution in [0.4, 0.5) is 0 Å². The normalized spacial score (nSPS) is 13.0. The third kappa shape index (κ3) is 3.32. The van der Waals surface area contributed by atoms with Crippen LogP contribution in [0.25, 0.3) is 10.9 Å². The Morgan fingerprint density at radius 1 is 1.19 bits per heavy atom. The Kier molecular flexibility index (Phi) is 4.66. The summed E-state index contributed by atoms with van der Waals surface area (Å²) in [5.74, 6) is 1.33. The highest BCUT2D eigenvalue weighted by Gasteiger charge is 2.20. The number of rotatable bonds is 4. The first-order valence-corrected chi connectivity index (χ1v) is 9.12. The summed E-state index contributed by atoms with van der Waals surface area (Å²) in [5.41, 5.74) is 2.88. The maximum Gasteiger partial charge on any atom is 0.241 e. The number of halogens is 1. The summed E-state index contributed by atoms with van der Waals surface area (Å²) in [4.78, 5) is 18.2. The number of hydrogen-bond acceptors (Lipinski definition) is 4. The quantitative estimate of drug-likeness (QED) is 0.692. The van der Waals surface area contributed by atoms with Crippen molar-refractivity contribution in [3.8, 4) is 11.5 Å². The van der Waals surface area contributed by atoms with Crippen molar-refractivity contribution in [2.45, 2.75) is 13.0 Å². The van der Waals surface area contributed by atoms with E-state index in [2.05, 4.69) is 4.98 Å². The molecule has 140 valence electrons. The minimum absolute atomic E-state index is 0.0446. The van der Waals surface area contributed by atoms with Gasteiger partial charge in [-0.1, -0.05) is 17.7 Å². The predicted molar refractivity (Wildman–Crippen MR) is 104 cm³/mol. The lowest BCUT2D eigenvalue weighted by atomic mass is 10.0. The Hall–Kier alpha value is -2.73. The Balaban J connectivity index is 1.70. The van der Waals surface area contributed by atoms with E-state index in [-0.39, 0.29) is 5.91 Å². The van der Waals surface area contributed by atoms with Crippen LogP contribution in [0.3, 0.4) is 0 Å². The Labute approximate surface area is 162 Å². The van der Waals surface area contributed by atoms with Crippen LogP contribution in [0.5, 0.6) is 11.5 Å². The third-order valence-corrected chi connectivity index (χ3v) is 4.96. The van der Waals surface area contributed by atoms with E-state index in [0.717, 1.165) is 22.2 Å². The summed E-state index contributed by atoms with van der Waals surface area (Å²) in [6.07, 6.45) is 4.29. The molecule has 0 fully saturated rings. The average molecular weight is 386 g/mol. The molecule has 4 rings (SSSR count). The van der Waals surface area contributed by atoms with Crippen LogP contribution >= 0.6 is 11.6 Å². The van der Waals surface area contributed by atoms with Gasteiger partial charge in [0, 0.05) is 43.9 Å². The van der Waals surface area contributed by atoms with E-state index in [1.807, 2.05) is 35.0 Å². The van der Waals surface area contributed by atoms with Gasteiger partial charge in [0.25, 0.3) is 0 Å². The Morgan fingerprint density at radius 3 is 2.74 bits per heavy atom. The SMILES string of the molecule is CN(C)C(=O)Cn1ccc2c(Cc3ccc(Cl)c4c3OCCO4)nccc21. The van der Waals surface area contributed by atoms with Gasteiger partial charge in [-0.05, 0) is 18.2 Å². The number of carbonyl (C=O) groups is 1. The molecule has 1 aliphatic rings. The van der Waals surface area contributed by atoms with E-state index in [1.165, 1.54) is 0 Å². The standard InChI is InChI=1S/C20H20ClN3O3/c1-23(2)18(25)12-24-8-6-14-16(22-7-5-17(14)24)11-13-3-4-15(21)20-19(13)26-9-10-27-20/h3-8H,9-12H2,1-2H3. The van der Waals surface area contributed by atoms with Crippen LogP contribution in [-0.2, 0) is 17.8 Å². The number of hydrogen-bond donors (Lipinski definition) is 0. The van der Waals surface area contributed by atoms with Crippen LogP contribution in [-0.4, -0.2) is 47.7 Å². The van der Waals surface area contributed by atoms with Crippen molar-refractivity contribution < 1.29 is 14.3 Å². The van der Waals surface area contributed by atoms with Crippen molar-refractivity contribution in [1.29, 1.82) is 0 Å². The smallest absolute Gasteiger partial charge is 0.241 e. The molecule has 0 radical (unpaired) electrons. The molecule has 6 nitrogen and oxygen atoms in total. The van der Waals surface area contributed by atoms with Crippen LogP contribution in [0.15, 0.2) is 36.7 Å². The molecule has 1 aliphatic heterocycles. The molecular weight excluding hydrogens is 366 g/mol. The molecule has 0 bridgehead atoms. The first-order valence-electron chi connectivity index (χ1n) is 8.74. The lowest BCUT2D eigenvalue weighted by molar-refractivity contribution is -0.129. The highest BCUT2D eigenvalue weighted by atomic mass is 35.5. The second kappa shape index (κ2) is 7.12. The van der Waals surface area contributed by atoms with Crippen LogP contribution in [0.2, 0.25) is 5.02 Å². The third-order valence-electron chi connectivity index (χ3n) is 4.66. The lowest BCUT2D eigenvalue weighted by Crippen LogP contribution is -2.25. The second-order valence-corrected chi connectivity index (χ2v) is 7.07. The van der Waals surface area contributed by atoms with Crippen LogP contribution < -0.4 is 9.47 Å². The molecule has 0 N–H and O–H groups in total. The number of aromatic nitrogens is 2. The number of fused-ring (bicyclic) bond motifs is 2. The number of likely N-dealkylation sites (N-methyl/N-ethyl adjacent to an activating group) is 1. The van der Waals surface area contributed by atoms with E-state index in [0.29, 0.717) is 42.7 Å². The first-order chi connectivity index (χ1) is 13.0. The van der Waals surface area contributed by atoms with Gasteiger partial charge in [0.2, 0.25) is 5.91 Å². The van der Waals surface area contributed by atoms with Gasteiger partial charge in [-0.2, -0.15) is 0 Å². The largest absolute Gasteiger partial charge is 0.486 e. The minimum atomic E-state index is 0.0446. The molecule has 2 aromatic heterocycles. The highest BCUT2D eigenvalue weighted by Crippen LogP contribution is 2.41. The van der Waals surface area contributed by atoms with E-state index in [4.69, 9.17) is 21.1 Å². The van der Waals surface area contributed by atoms with Crippen molar-refractivity contribution in [2.24, 2.45) is 0 Å². The number of pyridine rings is 1. The van der Waals surface area contributed by atoms with Gasteiger partial charge in [0.15, 0.2) is 11.5 Å². The number of amides is 1. The average Bonchev–Trinajstić information content (AvgIpc) is 3.08. The second-order valence-electron chi connectivity index (χ2n) is 6.66. The monoisotopic (exact) mass is 385 g/mol. The molecule has 0 spiro atoms. The molecule has 0 unspecified atom stereocenters. The van der Waals surface area contributed by atoms with E-state index in [1.54, 1.807) is 25.2 Å². The summed E-state index contributed by atoms with van der Waals surface area (Å²) >= 11 is 6.23. The van der Waals surface area contributed by atoms with Crippen LogP contribution in [0.1, 0.15) is 11.3 Å². The molecule has 27 heavy (non-hydrogen) atoms. The summed E-state index contributed by atoms with van der Waals surface area (Å²) < 4.78 is 13.4. The minimum Gasteiger partial charge on any atom is -0.486 e. The fourth-order valence-electron chi connectivity index (χ4n) is 3.23. The molecule has 0 aliphatic carbocycles. The summed E-state index contributed by atoms with van der Waals surface area (Å²) in [7, 11) is 3.51. The molecule has 1 aromatic carbocycles. The molecule has 0 saturated carbocycles. The van der Waals surface area contributed by atoms with Gasteiger partial charge in [-0.3, -0.25) is 9.78 Å². The zero-order valence-electron chi connectivity index (χ0n) is 15.2. The number of nitrogens with zero attached hydrogens (tertiary/aromatic N) is 3. The van der Waals surface area contributed by atoms with Crippen molar-refractivity contribution >= 4 is 28.4 Å². The molecular formula is C20H20ClN3O3. The van der Waals surface area contributed by atoms with Gasteiger partial charge in [-0.25, -0.2) is 0 Å². The van der Waals surface area contributed by atoms with Gasteiger partial charge in [0.1, 0.15) is 19.8 Å². The highest BCUT2D eigenvalue weighted by molar-refractivity contribution is 6.32. The molecule has 0 saturated heterocycles. The van der Waals surface area contributed by atoms with Crippen molar-refractivity contribution in [3.05, 3.63) is 52.9 Å². The van der Waals surface area contributed by atoms with Gasteiger partial charge < -0.3 is 18.9 Å². The zero-order valence-corrected chi connectivity index (χ0v) is 16.0. The van der Waals surface area contributed by atoms with Gasteiger partial charge in [0.05, 0.1) is 16.2 Å². The number of ether oxygens (including phenoxy) is 2. The summed E-state index contributed by atoms with van der Waals surface area (Å²) in [5, 5.41) is 1.57. The van der Waals surface area contributed by atoms with E-state index >= 15 is 0 Å². The van der Waals surface area contributed by atoms with Crippen LogP contribution in [0, 0.1) is 0 Å². The molecule has 3 heterocycles. The number of carbonyl (C=O) groups excluding carboxylic acids is 1. The number of benzene rings is 1. The topological polar surface area (TPSA) is 56.6 Å². The maximum atomic E-state index is 12.1. The Bertz CT molecular complexity index is 1010. The summed E-state index contributed by atoms with van der Waals surface area (Å²) in [6, 6.07) is 7.70. The molecule has 7 heteroatoms. The predicted octanol–water partition coefficient (Wildman–Crippen LogP) is 3.14. The molecule has 3 aromatic rings. The van der Waals surface area contributed by atoms with E-state index in [9.17, 15) is 4.79 Å². The maximum absolute atomic E-state index is 12.1. The molecule has 1 amide bonds.